The standard InChI is InChI=1S/C57H37N7/c1-4-19-39(20-5-1)52-59-53(40-21-6-2-7-22-40)61-55(60-52)43-27-14-26-42(36-43)46-32-16-33-48(51(46)44-28-17-35-58-37-44)47-30-12-13-31-50(47)57-63-54(41-23-8-3-9-24-41)62-56(64-57)49-34-15-25-38-18-10-11-29-45(38)49/h1-37H. The van der Waals surface area contributed by atoms with Crippen LogP contribution in [-0.2, 0) is 0 Å². The van der Waals surface area contributed by atoms with Crippen LogP contribution in [0.2, 0.25) is 0 Å². The van der Waals surface area contributed by atoms with E-state index in [0.29, 0.717) is 34.9 Å². The molecule has 0 N–H and O–H groups in total. The SMILES string of the molecule is c1ccc(-c2nc(-c3ccccc3)nc(-c3cccc(-c4cccc(-c5ccccc5-c5nc(-c6ccccc6)nc(-c6cccc7ccccc67)n5)c4-c4cccnc4)c3)n2)cc1. The van der Waals surface area contributed by atoms with Crippen molar-refractivity contribution in [3.05, 3.63) is 225 Å². The van der Waals surface area contributed by atoms with Crippen molar-refractivity contribution in [1.82, 2.24) is 34.9 Å². The molecule has 3 heterocycles. The van der Waals surface area contributed by atoms with E-state index in [4.69, 9.17) is 29.9 Å². The molecule has 64 heavy (non-hydrogen) atoms. The minimum absolute atomic E-state index is 0.579. The second-order valence-electron chi connectivity index (χ2n) is 15.3. The van der Waals surface area contributed by atoms with Gasteiger partial charge in [0.25, 0.3) is 0 Å². The first-order valence-corrected chi connectivity index (χ1v) is 21.1. The molecule has 0 unspecified atom stereocenters. The molecule has 0 saturated carbocycles. The lowest BCUT2D eigenvalue weighted by atomic mass is 9.86. The Labute approximate surface area is 370 Å². The largest absolute Gasteiger partial charge is 0.264 e. The number of hydrogen-bond donors (Lipinski definition) is 0. The highest BCUT2D eigenvalue weighted by Crippen LogP contribution is 2.44. The molecular weight excluding hydrogens is 783 g/mol. The van der Waals surface area contributed by atoms with Gasteiger partial charge in [-0.2, -0.15) is 0 Å². The van der Waals surface area contributed by atoms with Crippen molar-refractivity contribution in [3.8, 4) is 102 Å². The lowest BCUT2D eigenvalue weighted by Crippen LogP contribution is -2.02. The number of rotatable bonds is 9. The Bertz CT molecular complexity index is 3370. The van der Waals surface area contributed by atoms with E-state index >= 15 is 0 Å². The van der Waals surface area contributed by atoms with Crippen LogP contribution >= 0.6 is 0 Å². The number of pyridine rings is 1. The van der Waals surface area contributed by atoms with Crippen LogP contribution in [0.3, 0.4) is 0 Å². The van der Waals surface area contributed by atoms with Gasteiger partial charge in [0.2, 0.25) is 0 Å². The fourth-order valence-corrected chi connectivity index (χ4v) is 8.27. The molecule has 11 aromatic rings. The molecule has 300 valence electrons. The minimum atomic E-state index is 0.579. The highest BCUT2D eigenvalue weighted by Gasteiger charge is 2.21. The number of nitrogens with zero attached hydrogens (tertiary/aromatic N) is 7. The highest BCUT2D eigenvalue weighted by molar-refractivity contribution is 5.99. The summed E-state index contributed by atoms with van der Waals surface area (Å²) in [6, 6.07) is 72.1. The van der Waals surface area contributed by atoms with Crippen LogP contribution in [0.4, 0.5) is 0 Å². The number of fused-ring (bicyclic) bond motifs is 1. The maximum absolute atomic E-state index is 5.27. The van der Waals surface area contributed by atoms with E-state index in [-0.39, 0.29) is 0 Å². The van der Waals surface area contributed by atoms with Gasteiger partial charge in [-0.3, -0.25) is 4.98 Å². The molecule has 0 amide bonds. The molecule has 0 aliphatic rings. The Balaban J connectivity index is 1.09. The van der Waals surface area contributed by atoms with Crippen molar-refractivity contribution in [3.63, 3.8) is 0 Å². The summed E-state index contributed by atoms with van der Waals surface area (Å²) in [5.74, 6) is 3.60. The lowest BCUT2D eigenvalue weighted by molar-refractivity contribution is 1.07. The van der Waals surface area contributed by atoms with E-state index in [1.807, 2.05) is 109 Å². The summed E-state index contributed by atoms with van der Waals surface area (Å²) in [4.78, 5) is 35.2. The van der Waals surface area contributed by atoms with Gasteiger partial charge in [-0.1, -0.05) is 200 Å². The zero-order valence-corrected chi connectivity index (χ0v) is 34.5. The third-order valence-electron chi connectivity index (χ3n) is 11.3. The lowest BCUT2D eigenvalue weighted by Gasteiger charge is -2.19. The molecule has 7 nitrogen and oxygen atoms in total. The Hall–Kier alpha value is -8.81. The quantitative estimate of drug-likeness (QED) is 0.143. The van der Waals surface area contributed by atoms with Gasteiger partial charge in [-0.05, 0) is 50.7 Å². The van der Waals surface area contributed by atoms with Crippen LogP contribution in [0.5, 0.6) is 0 Å². The summed E-state index contributed by atoms with van der Waals surface area (Å²) in [5.41, 5.74) is 11.5. The number of benzene rings is 8. The van der Waals surface area contributed by atoms with Crippen molar-refractivity contribution < 1.29 is 0 Å². The molecule has 0 aliphatic heterocycles. The highest BCUT2D eigenvalue weighted by atomic mass is 15.0. The predicted octanol–water partition coefficient (Wildman–Crippen LogP) is 13.6. The summed E-state index contributed by atoms with van der Waals surface area (Å²) >= 11 is 0. The van der Waals surface area contributed by atoms with Crippen molar-refractivity contribution in [2.75, 3.05) is 0 Å². The third-order valence-corrected chi connectivity index (χ3v) is 11.3. The smallest absolute Gasteiger partial charge is 0.164 e. The summed E-state index contributed by atoms with van der Waals surface area (Å²) in [7, 11) is 0. The second-order valence-corrected chi connectivity index (χ2v) is 15.3. The average Bonchev–Trinajstić information content (AvgIpc) is 3.39. The number of hydrogen-bond acceptors (Lipinski definition) is 7. The zero-order chi connectivity index (χ0) is 42.7. The molecule has 0 radical (unpaired) electrons. The Morgan fingerprint density at radius 2 is 0.672 bits per heavy atom. The molecule has 0 aliphatic carbocycles. The van der Waals surface area contributed by atoms with E-state index in [0.717, 1.165) is 77.5 Å². The zero-order valence-electron chi connectivity index (χ0n) is 34.5. The predicted molar refractivity (Wildman–Crippen MR) is 257 cm³/mol. The first-order valence-electron chi connectivity index (χ1n) is 21.1. The second kappa shape index (κ2) is 16.9. The first kappa shape index (κ1) is 38.1. The summed E-state index contributed by atoms with van der Waals surface area (Å²) < 4.78 is 0. The summed E-state index contributed by atoms with van der Waals surface area (Å²) in [5, 5.41) is 2.20. The first-order chi connectivity index (χ1) is 31.7. The van der Waals surface area contributed by atoms with E-state index in [2.05, 4.69) is 114 Å². The normalized spacial score (nSPS) is 11.1. The van der Waals surface area contributed by atoms with Crippen LogP contribution in [0.15, 0.2) is 225 Å². The maximum Gasteiger partial charge on any atom is 0.164 e. The van der Waals surface area contributed by atoms with Gasteiger partial charge < -0.3 is 0 Å². The minimum Gasteiger partial charge on any atom is -0.264 e. The van der Waals surface area contributed by atoms with Crippen molar-refractivity contribution >= 4 is 10.8 Å². The van der Waals surface area contributed by atoms with Crippen molar-refractivity contribution in [2.24, 2.45) is 0 Å². The molecule has 11 rings (SSSR count). The van der Waals surface area contributed by atoms with Gasteiger partial charge in [0, 0.05) is 51.3 Å². The fraction of sp³-hybridized carbons (Fsp3) is 0. The molecule has 8 aromatic carbocycles. The van der Waals surface area contributed by atoms with Crippen LogP contribution in [0.1, 0.15) is 0 Å². The third kappa shape index (κ3) is 7.48. The summed E-state index contributed by atoms with van der Waals surface area (Å²) in [6.07, 6.45) is 3.73. The molecule has 0 atom stereocenters. The topological polar surface area (TPSA) is 90.2 Å². The Morgan fingerprint density at radius 3 is 1.33 bits per heavy atom. The molecule has 0 fully saturated rings. The van der Waals surface area contributed by atoms with Gasteiger partial charge in [0.1, 0.15) is 0 Å². The Morgan fingerprint density at radius 1 is 0.250 bits per heavy atom. The molecular formula is C57H37N7. The van der Waals surface area contributed by atoms with Crippen molar-refractivity contribution in [1.29, 1.82) is 0 Å². The summed E-state index contributed by atoms with van der Waals surface area (Å²) in [6.45, 7) is 0. The molecule has 0 spiro atoms. The van der Waals surface area contributed by atoms with E-state index in [1.54, 1.807) is 6.20 Å². The monoisotopic (exact) mass is 819 g/mol. The van der Waals surface area contributed by atoms with E-state index < -0.39 is 0 Å². The van der Waals surface area contributed by atoms with Gasteiger partial charge in [-0.15, -0.1) is 0 Å². The molecule has 7 heteroatoms. The van der Waals surface area contributed by atoms with Crippen molar-refractivity contribution in [2.45, 2.75) is 0 Å². The number of aromatic nitrogens is 7. The van der Waals surface area contributed by atoms with Crippen LogP contribution in [0, 0.1) is 0 Å². The molecule has 3 aromatic heterocycles. The Kier molecular flexibility index (Phi) is 10.1. The van der Waals surface area contributed by atoms with E-state index in [9.17, 15) is 0 Å². The van der Waals surface area contributed by atoms with Gasteiger partial charge >= 0.3 is 0 Å². The van der Waals surface area contributed by atoms with Gasteiger partial charge in [0.05, 0.1) is 0 Å². The maximum atomic E-state index is 5.27. The van der Waals surface area contributed by atoms with Crippen LogP contribution < -0.4 is 0 Å². The van der Waals surface area contributed by atoms with Gasteiger partial charge in [0.15, 0.2) is 34.9 Å². The average molecular weight is 820 g/mol. The molecule has 0 bridgehead atoms. The fourth-order valence-electron chi connectivity index (χ4n) is 8.27. The van der Waals surface area contributed by atoms with E-state index in [1.165, 1.54) is 0 Å². The van der Waals surface area contributed by atoms with Crippen LogP contribution in [0.25, 0.3) is 112 Å². The van der Waals surface area contributed by atoms with Crippen LogP contribution in [-0.4, -0.2) is 34.9 Å². The van der Waals surface area contributed by atoms with Gasteiger partial charge in [-0.25, -0.2) is 29.9 Å². The molecule has 0 saturated heterocycles.